The molecule has 0 saturated carbocycles. The summed E-state index contributed by atoms with van der Waals surface area (Å²) < 4.78 is 0. The minimum atomic E-state index is -0.711. The smallest absolute Gasteiger partial charge is 0.303 e. The van der Waals surface area contributed by atoms with E-state index in [2.05, 4.69) is 45.0 Å². The number of aliphatic carboxylic acids is 1. The van der Waals surface area contributed by atoms with Crippen LogP contribution >= 0.6 is 0 Å². The van der Waals surface area contributed by atoms with Gasteiger partial charge >= 0.3 is 5.97 Å². The van der Waals surface area contributed by atoms with Gasteiger partial charge in [-0.15, -0.1) is 0 Å². The van der Waals surface area contributed by atoms with Crippen LogP contribution in [-0.2, 0) is 16.6 Å². The summed E-state index contributed by atoms with van der Waals surface area (Å²) >= 11 is 0. The fraction of sp³-hybridized carbons (Fsp3) is 0.588. The van der Waals surface area contributed by atoms with Crippen LogP contribution in [0.15, 0.2) is 24.3 Å². The highest BCUT2D eigenvalue weighted by Crippen LogP contribution is 2.29. The Labute approximate surface area is 116 Å². The molecule has 1 aromatic rings. The van der Waals surface area contributed by atoms with Crippen LogP contribution in [0.1, 0.15) is 64.0 Å². The van der Waals surface area contributed by atoms with Gasteiger partial charge in [0.1, 0.15) is 0 Å². The Morgan fingerprint density at radius 1 is 1.16 bits per heavy atom. The summed E-state index contributed by atoms with van der Waals surface area (Å²) in [5.41, 5.74) is 2.84. The minimum Gasteiger partial charge on any atom is -0.481 e. The fourth-order valence-corrected chi connectivity index (χ4v) is 2.33. The van der Waals surface area contributed by atoms with E-state index in [1.807, 2.05) is 0 Å². The van der Waals surface area contributed by atoms with Crippen molar-refractivity contribution in [3.63, 3.8) is 0 Å². The van der Waals surface area contributed by atoms with Gasteiger partial charge in [-0.25, -0.2) is 0 Å². The Hall–Kier alpha value is -1.31. The highest BCUT2D eigenvalue weighted by molar-refractivity contribution is 5.66. The van der Waals surface area contributed by atoms with Gasteiger partial charge in [0.15, 0.2) is 0 Å². The summed E-state index contributed by atoms with van der Waals surface area (Å²) in [6.07, 6.45) is 5.52. The van der Waals surface area contributed by atoms with Crippen LogP contribution < -0.4 is 0 Å². The molecule has 0 amide bonds. The topological polar surface area (TPSA) is 37.3 Å². The standard InChI is InChI=1S/C17H26O2/c1-4-5-13-17(2,3)15-11-9-14(10-12-15)7-6-8-16(18)19/h9-12H,4-8,13H2,1-3H3,(H,18,19). The molecule has 0 bridgehead atoms. The lowest BCUT2D eigenvalue weighted by Gasteiger charge is -2.25. The molecular weight excluding hydrogens is 236 g/mol. The Morgan fingerprint density at radius 3 is 2.32 bits per heavy atom. The molecule has 0 unspecified atom stereocenters. The molecule has 0 saturated heterocycles. The average molecular weight is 262 g/mol. The van der Waals surface area contributed by atoms with E-state index in [0.29, 0.717) is 6.42 Å². The number of carboxylic acids is 1. The van der Waals surface area contributed by atoms with Crippen molar-refractivity contribution in [2.24, 2.45) is 0 Å². The van der Waals surface area contributed by atoms with E-state index >= 15 is 0 Å². The van der Waals surface area contributed by atoms with Crippen LogP contribution in [0.4, 0.5) is 0 Å². The third kappa shape index (κ3) is 5.46. The first kappa shape index (κ1) is 15.7. The van der Waals surface area contributed by atoms with Crippen molar-refractivity contribution in [2.75, 3.05) is 0 Å². The molecule has 0 radical (unpaired) electrons. The average Bonchev–Trinajstić information content (AvgIpc) is 2.37. The molecule has 0 atom stereocenters. The molecule has 0 heterocycles. The van der Waals surface area contributed by atoms with E-state index in [1.54, 1.807) is 0 Å². The number of aryl methyl sites for hydroxylation is 1. The zero-order chi connectivity index (χ0) is 14.3. The molecule has 0 spiro atoms. The Bertz CT molecular complexity index is 390. The highest BCUT2D eigenvalue weighted by Gasteiger charge is 2.19. The zero-order valence-corrected chi connectivity index (χ0v) is 12.4. The number of hydrogen-bond donors (Lipinski definition) is 1. The lowest BCUT2D eigenvalue weighted by Crippen LogP contribution is -2.16. The molecule has 0 aliphatic heterocycles. The van der Waals surface area contributed by atoms with Crippen molar-refractivity contribution in [1.82, 2.24) is 0 Å². The van der Waals surface area contributed by atoms with E-state index in [9.17, 15) is 4.79 Å². The second kappa shape index (κ2) is 7.32. The van der Waals surface area contributed by atoms with Crippen molar-refractivity contribution in [3.05, 3.63) is 35.4 Å². The molecule has 106 valence electrons. The SMILES string of the molecule is CCCCC(C)(C)c1ccc(CCCC(=O)O)cc1. The summed E-state index contributed by atoms with van der Waals surface area (Å²) in [4.78, 5) is 10.5. The van der Waals surface area contributed by atoms with Gasteiger partial charge in [-0.3, -0.25) is 4.79 Å². The molecule has 1 rings (SSSR count). The zero-order valence-electron chi connectivity index (χ0n) is 12.4. The summed E-state index contributed by atoms with van der Waals surface area (Å²) in [5, 5.41) is 8.62. The van der Waals surface area contributed by atoms with Crippen LogP contribution in [0.2, 0.25) is 0 Å². The summed E-state index contributed by atoms with van der Waals surface area (Å²) in [6, 6.07) is 8.69. The number of benzene rings is 1. The van der Waals surface area contributed by atoms with Crippen molar-refractivity contribution < 1.29 is 9.90 Å². The first-order chi connectivity index (χ1) is 8.95. The maximum atomic E-state index is 10.5. The van der Waals surface area contributed by atoms with Crippen LogP contribution in [-0.4, -0.2) is 11.1 Å². The van der Waals surface area contributed by atoms with Gasteiger partial charge in [0.25, 0.3) is 0 Å². The summed E-state index contributed by atoms with van der Waals surface area (Å²) in [6.45, 7) is 6.81. The minimum absolute atomic E-state index is 0.232. The van der Waals surface area contributed by atoms with Gasteiger partial charge in [0.05, 0.1) is 0 Å². The van der Waals surface area contributed by atoms with Crippen LogP contribution in [0.5, 0.6) is 0 Å². The molecule has 0 aromatic heterocycles. The number of carboxylic acid groups (broad SMARTS) is 1. The van der Waals surface area contributed by atoms with E-state index in [4.69, 9.17) is 5.11 Å². The van der Waals surface area contributed by atoms with Crippen molar-refractivity contribution in [1.29, 1.82) is 0 Å². The first-order valence-electron chi connectivity index (χ1n) is 7.27. The van der Waals surface area contributed by atoms with Crippen molar-refractivity contribution in [3.8, 4) is 0 Å². The normalized spacial score (nSPS) is 11.5. The molecule has 19 heavy (non-hydrogen) atoms. The maximum Gasteiger partial charge on any atom is 0.303 e. The molecule has 2 heteroatoms. The third-order valence-electron chi connectivity index (χ3n) is 3.75. The molecule has 0 aliphatic rings. The summed E-state index contributed by atoms with van der Waals surface area (Å²) in [5.74, 6) is -0.711. The monoisotopic (exact) mass is 262 g/mol. The van der Waals surface area contributed by atoms with Gasteiger partial charge in [0, 0.05) is 6.42 Å². The van der Waals surface area contributed by atoms with Crippen LogP contribution in [0.3, 0.4) is 0 Å². The number of rotatable bonds is 8. The number of carbonyl (C=O) groups is 1. The van der Waals surface area contributed by atoms with Gasteiger partial charge in [-0.2, -0.15) is 0 Å². The Morgan fingerprint density at radius 2 is 1.79 bits per heavy atom. The van der Waals surface area contributed by atoms with Crippen molar-refractivity contribution >= 4 is 5.97 Å². The van der Waals surface area contributed by atoms with E-state index in [1.165, 1.54) is 30.4 Å². The Kier molecular flexibility index (Phi) is 6.07. The second-order valence-electron chi connectivity index (χ2n) is 5.93. The Balaban J connectivity index is 2.57. The van der Waals surface area contributed by atoms with E-state index < -0.39 is 5.97 Å². The van der Waals surface area contributed by atoms with E-state index in [-0.39, 0.29) is 11.8 Å². The van der Waals surface area contributed by atoms with Crippen LogP contribution in [0.25, 0.3) is 0 Å². The molecule has 1 N–H and O–H groups in total. The number of unbranched alkanes of at least 4 members (excludes halogenated alkanes) is 1. The molecule has 2 nitrogen and oxygen atoms in total. The lowest BCUT2D eigenvalue weighted by molar-refractivity contribution is -0.137. The first-order valence-corrected chi connectivity index (χ1v) is 7.27. The van der Waals surface area contributed by atoms with Crippen LogP contribution in [0, 0.1) is 0 Å². The lowest BCUT2D eigenvalue weighted by atomic mass is 9.80. The van der Waals surface area contributed by atoms with Gasteiger partial charge < -0.3 is 5.11 Å². The van der Waals surface area contributed by atoms with Gasteiger partial charge in [-0.05, 0) is 35.8 Å². The predicted molar refractivity (Wildman–Crippen MR) is 79.6 cm³/mol. The van der Waals surface area contributed by atoms with Crippen molar-refractivity contribution in [2.45, 2.75) is 64.7 Å². The third-order valence-corrected chi connectivity index (χ3v) is 3.75. The molecule has 0 fully saturated rings. The quantitative estimate of drug-likeness (QED) is 0.745. The number of hydrogen-bond acceptors (Lipinski definition) is 1. The van der Waals surface area contributed by atoms with Gasteiger partial charge in [-0.1, -0.05) is 57.9 Å². The summed E-state index contributed by atoms with van der Waals surface area (Å²) in [7, 11) is 0. The molecular formula is C17H26O2. The molecule has 0 aliphatic carbocycles. The van der Waals surface area contributed by atoms with E-state index in [0.717, 1.165) is 6.42 Å². The fourth-order valence-electron chi connectivity index (χ4n) is 2.33. The predicted octanol–water partition coefficient (Wildman–Crippen LogP) is 4.56. The van der Waals surface area contributed by atoms with Gasteiger partial charge in [0.2, 0.25) is 0 Å². The maximum absolute atomic E-state index is 10.5. The largest absolute Gasteiger partial charge is 0.481 e. The molecule has 1 aromatic carbocycles. The highest BCUT2D eigenvalue weighted by atomic mass is 16.4. The second-order valence-corrected chi connectivity index (χ2v) is 5.93.